The molecule has 2 aromatic heterocycles. The molecule has 138 valence electrons. The summed E-state index contributed by atoms with van der Waals surface area (Å²) in [7, 11) is 0. The highest BCUT2D eigenvalue weighted by Crippen LogP contribution is 2.38. The lowest BCUT2D eigenvalue weighted by atomic mass is 9.86. The Kier molecular flexibility index (Phi) is 3.83. The Morgan fingerprint density at radius 2 is 2.15 bits per heavy atom. The lowest BCUT2D eigenvalue weighted by Gasteiger charge is -2.23. The number of hydrogen-bond donors (Lipinski definition) is 2. The zero-order chi connectivity index (χ0) is 19.3. The number of fused-ring (bicyclic) bond motifs is 2. The van der Waals surface area contributed by atoms with Crippen molar-refractivity contribution >= 4 is 28.7 Å². The van der Waals surface area contributed by atoms with Crippen molar-refractivity contribution in [1.82, 2.24) is 9.78 Å². The summed E-state index contributed by atoms with van der Waals surface area (Å²) in [5.41, 5.74) is 2.79. The van der Waals surface area contributed by atoms with E-state index in [1.165, 1.54) is 10.9 Å². The fraction of sp³-hybridized carbons (Fsp3) is 0.263. The minimum absolute atomic E-state index is 0.0642. The summed E-state index contributed by atoms with van der Waals surface area (Å²) >= 11 is 0. The van der Waals surface area contributed by atoms with Crippen molar-refractivity contribution in [3.63, 3.8) is 0 Å². The van der Waals surface area contributed by atoms with E-state index in [9.17, 15) is 14.4 Å². The van der Waals surface area contributed by atoms with Crippen molar-refractivity contribution in [2.24, 2.45) is 0 Å². The Labute approximate surface area is 153 Å². The number of aromatic nitrogens is 2. The number of carboxylic acids is 1. The summed E-state index contributed by atoms with van der Waals surface area (Å²) in [4.78, 5) is 36.4. The van der Waals surface area contributed by atoms with Crippen molar-refractivity contribution in [2.75, 3.05) is 5.32 Å². The molecule has 4 rings (SSSR count). The predicted molar refractivity (Wildman–Crippen MR) is 96.9 cm³/mol. The number of benzene rings is 1. The normalized spacial score (nSPS) is 16.2. The zero-order valence-corrected chi connectivity index (χ0v) is 14.8. The van der Waals surface area contributed by atoms with Crippen LogP contribution in [0.5, 0.6) is 0 Å². The van der Waals surface area contributed by atoms with Crippen LogP contribution in [0.3, 0.4) is 0 Å². The molecule has 2 N–H and O–H groups in total. The SMILES string of the molecule is Cc1ccc2occ([C@H]3CC(=O)Nc4c3c(C)nn4CC(=O)O)c(=O)c2c1. The van der Waals surface area contributed by atoms with E-state index in [4.69, 9.17) is 9.52 Å². The largest absolute Gasteiger partial charge is 0.480 e. The zero-order valence-electron chi connectivity index (χ0n) is 14.8. The number of carbonyl (C=O) groups is 2. The van der Waals surface area contributed by atoms with Gasteiger partial charge in [-0.05, 0) is 26.0 Å². The average Bonchev–Trinajstić information content (AvgIpc) is 2.90. The molecule has 0 fully saturated rings. The van der Waals surface area contributed by atoms with Gasteiger partial charge in [-0.25, -0.2) is 4.68 Å². The quantitative estimate of drug-likeness (QED) is 0.733. The third kappa shape index (κ3) is 2.79. The second-order valence-electron chi connectivity index (χ2n) is 6.72. The second kappa shape index (κ2) is 6.08. The minimum atomic E-state index is -1.07. The molecular weight excluding hydrogens is 350 g/mol. The minimum Gasteiger partial charge on any atom is -0.480 e. The van der Waals surface area contributed by atoms with Crippen LogP contribution < -0.4 is 10.7 Å². The molecule has 0 saturated heterocycles. The Morgan fingerprint density at radius 1 is 1.37 bits per heavy atom. The first-order valence-electron chi connectivity index (χ1n) is 8.46. The van der Waals surface area contributed by atoms with Crippen LogP contribution in [-0.2, 0) is 16.1 Å². The van der Waals surface area contributed by atoms with Gasteiger partial charge < -0.3 is 14.8 Å². The fourth-order valence-electron chi connectivity index (χ4n) is 3.62. The van der Waals surface area contributed by atoms with E-state index < -0.39 is 11.9 Å². The molecule has 1 aliphatic rings. The van der Waals surface area contributed by atoms with Crippen LogP contribution in [0.25, 0.3) is 11.0 Å². The molecule has 1 aromatic carbocycles. The van der Waals surface area contributed by atoms with Gasteiger partial charge >= 0.3 is 5.97 Å². The summed E-state index contributed by atoms with van der Waals surface area (Å²) in [6.07, 6.45) is 1.45. The topological polar surface area (TPSA) is 114 Å². The molecule has 0 saturated carbocycles. The second-order valence-corrected chi connectivity index (χ2v) is 6.72. The van der Waals surface area contributed by atoms with E-state index in [0.29, 0.717) is 33.6 Å². The number of rotatable bonds is 3. The molecule has 1 amide bonds. The average molecular weight is 367 g/mol. The molecule has 0 unspecified atom stereocenters. The van der Waals surface area contributed by atoms with E-state index in [1.807, 2.05) is 13.0 Å². The fourth-order valence-corrected chi connectivity index (χ4v) is 3.62. The number of nitrogens with one attached hydrogen (secondary N) is 1. The standard InChI is InChI=1S/C19H17N3O5/c1-9-3-4-14-12(5-9)18(26)13(8-27-14)11-6-15(23)20-19-17(11)10(2)21-22(19)7-16(24)25/h3-5,8,11H,6-7H2,1-2H3,(H,20,23)(H,24,25)/t11-/m1/s1. The first kappa shape index (κ1) is 17.0. The maximum atomic E-state index is 13.1. The molecular formula is C19H17N3O5. The number of nitrogens with zero attached hydrogens (tertiary/aromatic N) is 2. The Balaban J connectivity index is 1.92. The van der Waals surface area contributed by atoms with Gasteiger partial charge in [0.15, 0.2) is 5.43 Å². The van der Waals surface area contributed by atoms with E-state index >= 15 is 0 Å². The van der Waals surface area contributed by atoms with Crippen molar-refractivity contribution < 1.29 is 19.1 Å². The van der Waals surface area contributed by atoms with Crippen molar-refractivity contribution in [1.29, 1.82) is 0 Å². The molecule has 3 heterocycles. The molecule has 8 nitrogen and oxygen atoms in total. The Morgan fingerprint density at radius 3 is 2.89 bits per heavy atom. The number of anilines is 1. The lowest BCUT2D eigenvalue weighted by Crippen LogP contribution is -2.28. The van der Waals surface area contributed by atoms with Crippen molar-refractivity contribution in [3.05, 3.63) is 57.1 Å². The summed E-state index contributed by atoms with van der Waals surface area (Å²) in [6.45, 7) is 3.24. The van der Waals surface area contributed by atoms with Gasteiger partial charge in [-0.3, -0.25) is 14.4 Å². The number of carbonyl (C=O) groups excluding carboxylic acids is 1. The summed E-state index contributed by atoms with van der Waals surface area (Å²) < 4.78 is 6.88. The van der Waals surface area contributed by atoms with Crippen LogP contribution in [0.2, 0.25) is 0 Å². The highest BCUT2D eigenvalue weighted by Gasteiger charge is 2.34. The van der Waals surface area contributed by atoms with Gasteiger partial charge in [0.1, 0.15) is 17.9 Å². The smallest absolute Gasteiger partial charge is 0.325 e. The van der Waals surface area contributed by atoms with Crippen LogP contribution in [0, 0.1) is 13.8 Å². The number of hydrogen-bond acceptors (Lipinski definition) is 5. The first-order valence-corrected chi connectivity index (χ1v) is 8.46. The lowest BCUT2D eigenvalue weighted by molar-refractivity contribution is -0.137. The molecule has 0 bridgehead atoms. The number of aryl methyl sites for hydroxylation is 2. The summed E-state index contributed by atoms with van der Waals surface area (Å²) in [6, 6.07) is 5.36. The third-order valence-electron chi connectivity index (χ3n) is 4.78. The van der Waals surface area contributed by atoms with Gasteiger partial charge in [-0.1, -0.05) is 11.6 Å². The third-order valence-corrected chi connectivity index (χ3v) is 4.78. The predicted octanol–water partition coefficient (Wildman–Crippen LogP) is 2.17. The van der Waals surface area contributed by atoms with Gasteiger partial charge in [0, 0.05) is 23.5 Å². The van der Waals surface area contributed by atoms with Gasteiger partial charge in [-0.2, -0.15) is 5.10 Å². The van der Waals surface area contributed by atoms with Crippen LogP contribution >= 0.6 is 0 Å². The van der Waals surface area contributed by atoms with Crippen molar-refractivity contribution in [2.45, 2.75) is 32.7 Å². The van der Waals surface area contributed by atoms with Crippen LogP contribution in [0.15, 0.2) is 33.7 Å². The number of aliphatic carboxylic acids is 1. The molecule has 0 spiro atoms. The molecule has 1 atom stereocenters. The summed E-state index contributed by atoms with van der Waals surface area (Å²) in [5, 5.41) is 16.5. The molecule has 0 radical (unpaired) electrons. The number of carboxylic acid groups (broad SMARTS) is 1. The molecule has 8 heteroatoms. The van der Waals surface area contributed by atoms with Crippen molar-refractivity contribution in [3.8, 4) is 0 Å². The molecule has 1 aliphatic heterocycles. The van der Waals surface area contributed by atoms with E-state index in [-0.39, 0.29) is 24.3 Å². The van der Waals surface area contributed by atoms with E-state index in [2.05, 4.69) is 10.4 Å². The van der Waals surface area contributed by atoms with Gasteiger partial charge in [0.25, 0.3) is 0 Å². The molecule has 27 heavy (non-hydrogen) atoms. The highest BCUT2D eigenvalue weighted by atomic mass is 16.4. The molecule has 0 aliphatic carbocycles. The first-order chi connectivity index (χ1) is 12.8. The van der Waals surface area contributed by atoms with E-state index in [0.717, 1.165) is 5.56 Å². The maximum absolute atomic E-state index is 13.1. The Bertz CT molecular complexity index is 1160. The number of amides is 1. The highest BCUT2D eigenvalue weighted by molar-refractivity contribution is 5.95. The van der Waals surface area contributed by atoms with Gasteiger partial charge in [-0.15, -0.1) is 0 Å². The van der Waals surface area contributed by atoms with Crippen LogP contribution in [0.4, 0.5) is 5.82 Å². The summed E-state index contributed by atoms with van der Waals surface area (Å²) in [5.74, 6) is -1.60. The van der Waals surface area contributed by atoms with Crippen LogP contribution in [-0.4, -0.2) is 26.8 Å². The molecule has 3 aromatic rings. The van der Waals surface area contributed by atoms with Gasteiger partial charge in [0.2, 0.25) is 5.91 Å². The monoisotopic (exact) mass is 367 g/mol. The van der Waals surface area contributed by atoms with E-state index in [1.54, 1.807) is 19.1 Å². The van der Waals surface area contributed by atoms with Crippen LogP contribution in [0.1, 0.15) is 34.7 Å². The Hall–Kier alpha value is -3.42. The maximum Gasteiger partial charge on any atom is 0.325 e. The van der Waals surface area contributed by atoms with Gasteiger partial charge in [0.05, 0.1) is 17.3 Å².